The van der Waals surface area contributed by atoms with Crippen molar-refractivity contribution < 1.29 is 9.13 Å². The third-order valence-electron chi connectivity index (χ3n) is 2.15. The van der Waals surface area contributed by atoms with E-state index < -0.39 is 5.82 Å². The molecule has 2 N–H and O–H groups in total. The molecule has 0 fully saturated rings. The molecule has 1 aromatic carbocycles. The zero-order valence-corrected chi connectivity index (χ0v) is 8.72. The zero-order valence-electron chi connectivity index (χ0n) is 8.72. The lowest BCUT2D eigenvalue weighted by Crippen LogP contribution is -1.97. The van der Waals surface area contributed by atoms with Crippen molar-refractivity contribution in [3.63, 3.8) is 0 Å². The van der Waals surface area contributed by atoms with E-state index in [1.165, 1.54) is 17.9 Å². The van der Waals surface area contributed by atoms with E-state index in [9.17, 15) is 4.39 Å². The first-order valence-electron chi connectivity index (χ1n) is 4.70. The Labute approximate surface area is 91.6 Å². The minimum atomic E-state index is -0.412. The molecule has 0 spiro atoms. The van der Waals surface area contributed by atoms with Gasteiger partial charge in [0.1, 0.15) is 0 Å². The summed E-state index contributed by atoms with van der Waals surface area (Å²) in [6.45, 7) is 0.318. The van der Waals surface area contributed by atoms with Gasteiger partial charge in [-0.2, -0.15) is 0 Å². The maximum absolute atomic E-state index is 13.2. The number of aromatic nitrogens is 3. The summed E-state index contributed by atoms with van der Waals surface area (Å²) in [5, 5.41) is 7.71. The normalized spacial score (nSPS) is 10.4. The lowest BCUT2D eigenvalue weighted by atomic mass is 10.3. The Morgan fingerprint density at radius 3 is 2.94 bits per heavy atom. The maximum Gasteiger partial charge on any atom is 0.165 e. The largest absolute Gasteiger partial charge is 0.494 e. The smallest absolute Gasteiger partial charge is 0.165 e. The number of hydrogen-bond acceptors (Lipinski definition) is 4. The first-order chi connectivity index (χ1) is 7.74. The highest BCUT2D eigenvalue weighted by Gasteiger charge is 2.06. The van der Waals surface area contributed by atoms with E-state index in [4.69, 9.17) is 10.5 Å². The molecule has 5 nitrogen and oxygen atoms in total. The van der Waals surface area contributed by atoms with Crippen molar-refractivity contribution >= 4 is 0 Å². The van der Waals surface area contributed by atoms with E-state index in [1.807, 2.05) is 0 Å². The van der Waals surface area contributed by atoms with Crippen LogP contribution in [0.15, 0.2) is 24.4 Å². The molecule has 1 heterocycles. The van der Waals surface area contributed by atoms with Crippen molar-refractivity contribution in [2.75, 3.05) is 7.11 Å². The van der Waals surface area contributed by atoms with Crippen molar-refractivity contribution in [1.82, 2.24) is 15.0 Å². The highest BCUT2D eigenvalue weighted by molar-refractivity contribution is 5.39. The molecule has 0 atom stereocenters. The van der Waals surface area contributed by atoms with Crippen LogP contribution in [-0.4, -0.2) is 22.1 Å². The first-order valence-corrected chi connectivity index (χ1v) is 4.70. The number of ether oxygens (including phenoxy) is 1. The van der Waals surface area contributed by atoms with Crippen molar-refractivity contribution in [3.8, 4) is 11.4 Å². The van der Waals surface area contributed by atoms with Crippen molar-refractivity contribution in [1.29, 1.82) is 0 Å². The summed E-state index contributed by atoms with van der Waals surface area (Å²) in [6.07, 6.45) is 1.69. The van der Waals surface area contributed by atoms with Crippen molar-refractivity contribution in [2.45, 2.75) is 6.54 Å². The van der Waals surface area contributed by atoms with Crippen LogP contribution in [0.3, 0.4) is 0 Å². The Balaban J connectivity index is 2.40. The Hall–Kier alpha value is -1.95. The fourth-order valence-corrected chi connectivity index (χ4v) is 1.31. The van der Waals surface area contributed by atoms with Gasteiger partial charge in [-0.05, 0) is 12.1 Å². The van der Waals surface area contributed by atoms with Crippen LogP contribution in [0.4, 0.5) is 4.39 Å². The third kappa shape index (κ3) is 1.87. The zero-order chi connectivity index (χ0) is 11.5. The number of nitrogens with two attached hydrogens (primary N) is 1. The van der Waals surface area contributed by atoms with Crippen LogP contribution in [0.25, 0.3) is 5.69 Å². The second-order valence-electron chi connectivity index (χ2n) is 3.18. The minimum Gasteiger partial charge on any atom is -0.494 e. The monoisotopic (exact) mass is 222 g/mol. The van der Waals surface area contributed by atoms with Gasteiger partial charge in [-0.1, -0.05) is 5.21 Å². The fraction of sp³-hybridized carbons (Fsp3) is 0.200. The standard InChI is InChI=1S/C10H11FN4O/c1-16-10-4-8(2-3-9(10)11)15-6-7(5-12)13-14-15/h2-4,6H,5,12H2,1H3. The van der Waals surface area contributed by atoms with Crippen LogP contribution in [0.1, 0.15) is 5.69 Å². The van der Waals surface area contributed by atoms with Crippen molar-refractivity contribution in [3.05, 3.63) is 35.9 Å². The number of halogens is 1. The van der Waals surface area contributed by atoms with Crippen LogP contribution in [0.5, 0.6) is 5.75 Å². The lowest BCUT2D eigenvalue weighted by molar-refractivity contribution is 0.386. The second-order valence-corrected chi connectivity index (χ2v) is 3.18. The number of rotatable bonds is 3. The molecule has 16 heavy (non-hydrogen) atoms. The summed E-state index contributed by atoms with van der Waals surface area (Å²) < 4.78 is 19.6. The minimum absolute atomic E-state index is 0.169. The summed E-state index contributed by atoms with van der Waals surface area (Å²) in [4.78, 5) is 0. The molecule has 2 rings (SSSR count). The average molecular weight is 222 g/mol. The predicted molar refractivity (Wildman–Crippen MR) is 55.8 cm³/mol. The van der Waals surface area contributed by atoms with E-state index in [1.54, 1.807) is 18.3 Å². The van der Waals surface area contributed by atoms with E-state index >= 15 is 0 Å². The maximum atomic E-state index is 13.2. The summed E-state index contributed by atoms with van der Waals surface area (Å²) >= 11 is 0. The molecule has 0 radical (unpaired) electrons. The van der Waals surface area contributed by atoms with Gasteiger partial charge in [0.2, 0.25) is 0 Å². The topological polar surface area (TPSA) is 66.0 Å². The summed E-state index contributed by atoms with van der Waals surface area (Å²) in [7, 11) is 1.41. The molecular formula is C10H11FN4O. The van der Waals surface area contributed by atoms with Crippen LogP contribution in [0, 0.1) is 5.82 Å². The Morgan fingerprint density at radius 2 is 2.31 bits per heavy atom. The molecular weight excluding hydrogens is 211 g/mol. The van der Waals surface area contributed by atoms with E-state index in [2.05, 4.69) is 10.3 Å². The van der Waals surface area contributed by atoms with Gasteiger partial charge in [0.05, 0.1) is 24.7 Å². The molecule has 0 aliphatic rings. The van der Waals surface area contributed by atoms with Crippen LogP contribution in [0.2, 0.25) is 0 Å². The number of nitrogens with zero attached hydrogens (tertiary/aromatic N) is 3. The molecule has 6 heteroatoms. The van der Waals surface area contributed by atoms with Gasteiger partial charge in [0, 0.05) is 12.6 Å². The number of hydrogen-bond donors (Lipinski definition) is 1. The van der Waals surface area contributed by atoms with Gasteiger partial charge in [0.15, 0.2) is 11.6 Å². The molecule has 84 valence electrons. The fourth-order valence-electron chi connectivity index (χ4n) is 1.31. The molecule has 0 saturated carbocycles. The predicted octanol–water partition coefficient (Wildman–Crippen LogP) is 0.874. The summed E-state index contributed by atoms with van der Waals surface area (Å²) in [5.41, 5.74) is 6.76. The highest BCUT2D eigenvalue weighted by Crippen LogP contribution is 2.20. The van der Waals surface area contributed by atoms with Gasteiger partial charge in [-0.15, -0.1) is 5.10 Å². The Morgan fingerprint density at radius 1 is 1.50 bits per heavy atom. The van der Waals surface area contributed by atoms with E-state index in [0.29, 0.717) is 17.9 Å². The Bertz CT molecular complexity index is 497. The van der Waals surface area contributed by atoms with Gasteiger partial charge in [0.25, 0.3) is 0 Å². The summed E-state index contributed by atoms with van der Waals surface area (Å²) in [5.74, 6) is -0.243. The highest BCUT2D eigenvalue weighted by atomic mass is 19.1. The first kappa shape index (κ1) is 10.6. The van der Waals surface area contributed by atoms with Gasteiger partial charge < -0.3 is 10.5 Å². The van der Waals surface area contributed by atoms with Gasteiger partial charge in [-0.25, -0.2) is 9.07 Å². The molecule has 0 aliphatic heterocycles. The number of methoxy groups -OCH3 is 1. The second kappa shape index (κ2) is 4.28. The SMILES string of the molecule is COc1cc(-n2cc(CN)nn2)ccc1F. The molecule has 0 amide bonds. The van der Waals surface area contributed by atoms with Gasteiger partial charge in [-0.3, -0.25) is 0 Å². The number of benzene rings is 1. The van der Waals surface area contributed by atoms with E-state index in [-0.39, 0.29) is 5.75 Å². The molecule has 0 unspecified atom stereocenters. The molecule has 0 bridgehead atoms. The molecule has 2 aromatic rings. The quantitative estimate of drug-likeness (QED) is 0.837. The molecule has 0 saturated heterocycles. The van der Waals surface area contributed by atoms with Crippen LogP contribution >= 0.6 is 0 Å². The lowest BCUT2D eigenvalue weighted by Gasteiger charge is -2.04. The molecule has 1 aromatic heterocycles. The third-order valence-corrected chi connectivity index (χ3v) is 2.15. The molecule has 0 aliphatic carbocycles. The average Bonchev–Trinajstić information content (AvgIpc) is 2.78. The van der Waals surface area contributed by atoms with Crippen molar-refractivity contribution in [2.24, 2.45) is 5.73 Å². The van der Waals surface area contributed by atoms with Crippen LogP contribution < -0.4 is 10.5 Å². The summed E-state index contributed by atoms with van der Waals surface area (Å²) in [6, 6.07) is 4.45. The van der Waals surface area contributed by atoms with E-state index in [0.717, 1.165) is 0 Å². The Kier molecular flexibility index (Phi) is 2.82. The van der Waals surface area contributed by atoms with Gasteiger partial charge >= 0.3 is 0 Å². The van der Waals surface area contributed by atoms with Crippen LogP contribution in [-0.2, 0) is 6.54 Å².